The molecule has 1 aliphatic heterocycles. The van der Waals surface area contributed by atoms with E-state index in [0.29, 0.717) is 19.4 Å². The topological polar surface area (TPSA) is 150 Å². The van der Waals surface area contributed by atoms with Gasteiger partial charge in [0.25, 0.3) is 0 Å². The van der Waals surface area contributed by atoms with Crippen LogP contribution in [0.1, 0.15) is 79.7 Å². The molecule has 0 spiro atoms. The highest BCUT2D eigenvalue weighted by atomic mass is 16.5. The number of nitrogens with one attached hydrogen (secondary N) is 3. The minimum Gasteiger partial charge on any atom is -0.379 e. The molecule has 13 nitrogen and oxygen atoms in total. The molecule has 0 bridgehead atoms. The predicted molar refractivity (Wildman–Crippen MR) is 211 cm³/mol. The first-order chi connectivity index (χ1) is 25.4. The van der Waals surface area contributed by atoms with Crippen molar-refractivity contribution in [2.24, 2.45) is 23.7 Å². The van der Waals surface area contributed by atoms with Crippen LogP contribution in [0.4, 0.5) is 0 Å². The fourth-order valence-electron chi connectivity index (χ4n) is 7.95. The average Bonchev–Trinajstić information content (AvgIpc) is 3.62. The molecule has 0 aromatic heterocycles. The third-order valence-corrected chi connectivity index (χ3v) is 11.1. The van der Waals surface area contributed by atoms with Crippen molar-refractivity contribution in [2.45, 2.75) is 123 Å². The molecule has 1 aliphatic rings. The van der Waals surface area contributed by atoms with Crippen LogP contribution in [0.25, 0.3) is 0 Å². The van der Waals surface area contributed by atoms with Gasteiger partial charge in [0.1, 0.15) is 12.1 Å². The summed E-state index contributed by atoms with van der Waals surface area (Å²) < 4.78 is 12.0. The van der Waals surface area contributed by atoms with Crippen LogP contribution in [0.15, 0.2) is 30.3 Å². The van der Waals surface area contributed by atoms with Crippen molar-refractivity contribution in [2.75, 3.05) is 49.0 Å². The number of ether oxygens (including phenoxy) is 2. The molecule has 306 valence electrons. The maximum Gasteiger partial charge on any atom is 0.245 e. The lowest BCUT2D eigenvalue weighted by Gasteiger charge is -2.41. The lowest BCUT2D eigenvalue weighted by atomic mass is 9.89. The minimum atomic E-state index is -0.779. The van der Waals surface area contributed by atoms with Crippen molar-refractivity contribution in [1.82, 2.24) is 30.7 Å². The van der Waals surface area contributed by atoms with Crippen LogP contribution in [0.2, 0.25) is 0 Å². The number of hydrogen-bond donors (Lipinski definition) is 3. The Labute approximate surface area is 324 Å². The highest BCUT2D eigenvalue weighted by Crippen LogP contribution is 2.30. The van der Waals surface area contributed by atoms with Crippen LogP contribution in [-0.2, 0) is 39.9 Å². The Balaban J connectivity index is 2.29. The van der Waals surface area contributed by atoms with E-state index >= 15 is 0 Å². The lowest BCUT2D eigenvalue weighted by molar-refractivity contribution is -0.148. The maximum atomic E-state index is 14.2. The molecule has 1 heterocycles. The summed E-state index contributed by atoms with van der Waals surface area (Å²) in [6, 6.07) is 6.72. The van der Waals surface area contributed by atoms with Gasteiger partial charge in [0.2, 0.25) is 29.5 Å². The van der Waals surface area contributed by atoms with Gasteiger partial charge < -0.3 is 35.2 Å². The van der Waals surface area contributed by atoms with Crippen LogP contribution >= 0.6 is 0 Å². The van der Waals surface area contributed by atoms with Gasteiger partial charge in [-0.05, 0) is 50.3 Å². The molecule has 1 aromatic carbocycles. The number of rotatable bonds is 21. The Morgan fingerprint density at radius 1 is 0.870 bits per heavy atom. The fraction of sp³-hybridized carbons (Fsp3) is 0.732. The predicted octanol–water partition coefficient (Wildman–Crippen LogP) is 3.11. The van der Waals surface area contributed by atoms with E-state index in [1.54, 1.807) is 38.0 Å². The average molecular weight is 759 g/mol. The molecule has 0 radical (unpaired) electrons. The van der Waals surface area contributed by atoms with Crippen LogP contribution < -0.4 is 16.0 Å². The van der Waals surface area contributed by atoms with E-state index in [9.17, 15) is 24.0 Å². The molecule has 1 saturated heterocycles. The summed E-state index contributed by atoms with van der Waals surface area (Å²) in [4.78, 5) is 73.6. The van der Waals surface area contributed by atoms with Crippen LogP contribution in [0.3, 0.4) is 0 Å². The van der Waals surface area contributed by atoms with E-state index in [-0.39, 0.29) is 59.8 Å². The van der Waals surface area contributed by atoms with Gasteiger partial charge in [-0.3, -0.25) is 28.9 Å². The minimum absolute atomic E-state index is 0.0151. The van der Waals surface area contributed by atoms with Gasteiger partial charge in [-0.2, -0.15) is 0 Å². The van der Waals surface area contributed by atoms with Gasteiger partial charge in [0, 0.05) is 41.3 Å². The Morgan fingerprint density at radius 2 is 1.50 bits per heavy atom. The first-order valence-electron chi connectivity index (χ1n) is 19.6. The quantitative estimate of drug-likeness (QED) is 0.173. The first-order valence-corrected chi connectivity index (χ1v) is 19.6. The number of amides is 5. The molecular formula is C41H70N6O7. The number of benzene rings is 1. The summed E-state index contributed by atoms with van der Waals surface area (Å²) in [5.41, 5.74) is 0.916. The molecule has 3 N–H and O–H groups in total. The number of likely N-dealkylation sites (N-methyl/N-ethyl adjacent to an activating group) is 3. The SMILES string of the molecule is CCC(C)[C@@H]([C@@H](CC(=O)N1CCC[C@H]1[C@H](OC)[C@@H](C)C(=O)N[C@@H](Cc1ccccc1)C(=O)NC)OC)N(C)C(=O)[C@@H](NC(=O)[C@H](C(C)C)N(C)C)C(C)C. The van der Waals surface area contributed by atoms with Gasteiger partial charge in [-0.15, -0.1) is 0 Å². The van der Waals surface area contributed by atoms with Crippen molar-refractivity contribution in [3.63, 3.8) is 0 Å². The van der Waals surface area contributed by atoms with Gasteiger partial charge in [-0.1, -0.05) is 85.2 Å². The molecule has 1 aromatic rings. The second-order valence-corrected chi connectivity index (χ2v) is 15.8. The van der Waals surface area contributed by atoms with Crippen molar-refractivity contribution in [3.05, 3.63) is 35.9 Å². The highest BCUT2D eigenvalue weighted by molar-refractivity contribution is 5.90. The maximum absolute atomic E-state index is 14.2. The van der Waals surface area contributed by atoms with Crippen LogP contribution in [0, 0.1) is 23.7 Å². The van der Waals surface area contributed by atoms with Gasteiger partial charge >= 0.3 is 0 Å². The third-order valence-electron chi connectivity index (χ3n) is 11.1. The molecule has 1 unspecified atom stereocenters. The highest BCUT2D eigenvalue weighted by Gasteiger charge is 2.43. The Hall–Kier alpha value is -3.55. The molecule has 54 heavy (non-hydrogen) atoms. The van der Waals surface area contributed by atoms with Crippen molar-refractivity contribution in [1.29, 1.82) is 0 Å². The lowest BCUT2D eigenvalue weighted by Crippen LogP contribution is -2.59. The third kappa shape index (κ3) is 12.2. The van der Waals surface area contributed by atoms with E-state index in [0.717, 1.165) is 18.4 Å². The summed E-state index contributed by atoms with van der Waals surface area (Å²) in [5.74, 6) is -2.07. The van der Waals surface area contributed by atoms with Gasteiger partial charge in [-0.25, -0.2) is 0 Å². The molecule has 13 heteroatoms. The van der Waals surface area contributed by atoms with E-state index in [2.05, 4.69) is 16.0 Å². The number of methoxy groups -OCH3 is 2. The first kappa shape index (κ1) is 46.6. The van der Waals surface area contributed by atoms with E-state index < -0.39 is 42.3 Å². The van der Waals surface area contributed by atoms with Crippen molar-refractivity contribution >= 4 is 29.5 Å². The summed E-state index contributed by atoms with van der Waals surface area (Å²) >= 11 is 0. The zero-order chi connectivity index (χ0) is 40.9. The zero-order valence-corrected chi connectivity index (χ0v) is 35.2. The van der Waals surface area contributed by atoms with E-state index in [1.807, 2.05) is 90.9 Å². The number of hydrogen-bond acceptors (Lipinski definition) is 8. The molecule has 1 fully saturated rings. The smallest absolute Gasteiger partial charge is 0.245 e. The largest absolute Gasteiger partial charge is 0.379 e. The molecule has 2 rings (SSSR count). The number of likely N-dealkylation sites (tertiary alicyclic amines) is 1. The van der Waals surface area contributed by atoms with E-state index in [4.69, 9.17) is 9.47 Å². The molecule has 5 amide bonds. The standard InChI is InChI=1S/C41H70N6O7/c1-14-27(6)36(46(11)41(52)34(25(2)3)44-40(51)35(26(4)5)45(9)10)32(53-12)24-33(48)47-22-18-21-31(47)37(54-13)28(7)38(49)43-30(39(50)42-8)23-29-19-16-15-17-20-29/h15-17,19-20,25-28,30-32,34-37H,14,18,21-24H2,1-13H3,(H,42,50)(H,43,49)(H,44,51)/t27?,28-,30+,31+,32-,34+,35+,36+,37-/m1/s1. The second kappa shape index (κ2) is 22.1. The number of carbonyl (C=O) groups is 5. The molecule has 0 saturated carbocycles. The summed E-state index contributed by atoms with van der Waals surface area (Å²) in [7, 11) is 10.1. The van der Waals surface area contributed by atoms with Gasteiger partial charge in [0.15, 0.2) is 0 Å². The Bertz CT molecular complexity index is 1350. The summed E-state index contributed by atoms with van der Waals surface area (Å²) in [6.07, 6.45) is 1.21. The Kier molecular flexibility index (Phi) is 19.1. The van der Waals surface area contributed by atoms with Gasteiger partial charge in [0.05, 0.1) is 42.7 Å². The summed E-state index contributed by atoms with van der Waals surface area (Å²) in [6.45, 7) is 14.1. The van der Waals surface area contributed by atoms with Crippen molar-refractivity contribution < 1.29 is 33.4 Å². The number of nitrogens with zero attached hydrogens (tertiary/aromatic N) is 3. The fourth-order valence-corrected chi connectivity index (χ4v) is 7.95. The van der Waals surface area contributed by atoms with Crippen molar-refractivity contribution in [3.8, 4) is 0 Å². The molecule has 0 aliphatic carbocycles. The Morgan fingerprint density at radius 3 is 2.00 bits per heavy atom. The van der Waals surface area contributed by atoms with Crippen LogP contribution in [-0.4, -0.2) is 136 Å². The van der Waals surface area contributed by atoms with E-state index in [1.165, 1.54) is 7.05 Å². The zero-order valence-electron chi connectivity index (χ0n) is 35.2. The number of carbonyl (C=O) groups excluding carboxylic acids is 5. The second-order valence-electron chi connectivity index (χ2n) is 15.8. The normalized spacial score (nSPS) is 19.0. The molecule has 9 atom stereocenters. The summed E-state index contributed by atoms with van der Waals surface area (Å²) in [5, 5.41) is 8.60. The van der Waals surface area contributed by atoms with Crippen LogP contribution in [0.5, 0.6) is 0 Å². The monoisotopic (exact) mass is 759 g/mol. The molecular weight excluding hydrogens is 688 g/mol.